The van der Waals surface area contributed by atoms with E-state index in [9.17, 15) is 22.7 Å². The quantitative estimate of drug-likeness (QED) is 0.442. The summed E-state index contributed by atoms with van der Waals surface area (Å²) >= 11 is 0. The molecule has 0 spiro atoms. The maximum atomic E-state index is 13.2. The van der Waals surface area contributed by atoms with Crippen LogP contribution >= 0.6 is 0 Å². The summed E-state index contributed by atoms with van der Waals surface area (Å²) in [6.07, 6.45) is 2.90. The number of aliphatic hydroxyl groups is 1. The van der Waals surface area contributed by atoms with Gasteiger partial charge in [0.05, 0.1) is 24.0 Å². The first-order valence-corrected chi connectivity index (χ1v) is 14.6. The topological polar surface area (TPSA) is 117 Å². The number of hydrogen-bond acceptors (Lipinski definition) is 7. The van der Waals surface area contributed by atoms with E-state index >= 15 is 0 Å². The van der Waals surface area contributed by atoms with Crippen LogP contribution in [0.1, 0.15) is 43.6 Å². The van der Waals surface area contributed by atoms with E-state index in [1.807, 2.05) is 0 Å². The number of likely N-dealkylation sites (tertiary alicyclic amines) is 1. The number of fused-ring (bicyclic) bond motifs is 3. The smallest absolute Gasteiger partial charge is 0.261 e. The molecule has 38 heavy (non-hydrogen) atoms. The lowest BCUT2D eigenvalue weighted by atomic mass is 9.84. The highest BCUT2D eigenvalue weighted by atomic mass is 32.2. The maximum absolute atomic E-state index is 13.2. The summed E-state index contributed by atoms with van der Waals surface area (Å²) in [6, 6.07) is 9.60. The highest BCUT2D eigenvalue weighted by Gasteiger charge is 2.46. The number of nitrogens with one attached hydrogen (secondary N) is 2. The number of carbonyl (C=O) groups excluding carboxylic acids is 1. The van der Waals surface area contributed by atoms with Gasteiger partial charge < -0.3 is 24.8 Å². The molecule has 3 aliphatic heterocycles. The Balaban J connectivity index is 1.23. The van der Waals surface area contributed by atoms with Crippen molar-refractivity contribution < 1.29 is 32.2 Å². The van der Waals surface area contributed by atoms with Crippen LogP contribution in [0.4, 0.5) is 10.1 Å². The normalized spacial score (nSPS) is 25.2. The van der Waals surface area contributed by atoms with E-state index in [-0.39, 0.29) is 29.7 Å². The van der Waals surface area contributed by atoms with Crippen LogP contribution in [0.3, 0.4) is 0 Å². The van der Waals surface area contributed by atoms with E-state index in [0.717, 1.165) is 37.3 Å². The molecule has 206 valence electrons. The zero-order valence-electron chi connectivity index (χ0n) is 21.1. The number of aliphatic hydroxyl groups excluding tert-OH is 1. The second-order valence-electron chi connectivity index (χ2n) is 10.2. The van der Waals surface area contributed by atoms with Crippen molar-refractivity contribution in [2.75, 3.05) is 37.5 Å². The van der Waals surface area contributed by atoms with Crippen molar-refractivity contribution in [3.8, 4) is 5.75 Å². The number of halogens is 1. The first kappa shape index (κ1) is 26.9. The van der Waals surface area contributed by atoms with Crippen molar-refractivity contribution in [2.24, 2.45) is 0 Å². The predicted octanol–water partition coefficient (Wildman–Crippen LogP) is 2.61. The van der Waals surface area contributed by atoms with E-state index in [2.05, 4.69) is 14.9 Å². The number of anilines is 1. The van der Waals surface area contributed by atoms with Crippen LogP contribution in [0.2, 0.25) is 0 Å². The van der Waals surface area contributed by atoms with Crippen LogP contribution in [0.5, 0.6) is 5.75 Å². The fourth-order valence-corrected chi connectivity index (χ4v) is 6.65. The molecule has 3 aliphatic rings. The summed E-state index contributed by atoms with van der Waals surface area (Å²) in [5, 5.41) is 13.0. The molecule has 5 rings (SSSR count). The predicted molar refractivity (Wildman–Crippen MR) is 139 cm³/mol. The number of sulfonamides is 1. The summed E-state index contributed by atoms with van der Waals surface area (Å²) in [5.41, 5.74) is 1.14. The molecule has 3 heterocycles. The number of amides is 1. The molecule has 0 aromatic heterocycles. The Labute approximate surface area is 222 Å². The molecule has 0 saturated carbocycles. The SMILES string of the molecule is O=C(C[C@@H]1C[C@@H]2c3cc(NS(=O)(=O)c4ccc(F)cc4)ccc3O[C@@H]2[C@H](CO)O1)NCCN1CCCCC1. The van der Waals surface area contributed by atoms with Crippen LogP contribution in [0.25, 0.3) is 0 Å². The third-order valence-corrected chi connectivity index (χ3v) is 8.88. The van der Waals surface area contributed by atoms with Crippen molar-refractivity contribution in [1.29, 1.82) is 0 Å². The lowest BCUT2D eigenvalue weighted by Gasteiger charge is -2.37. The summed E-state index contributed by atoms with van der Waals surface area (Å²) < 4.78 is 53.5. The van der Waals surface area contributed by atoms with Gasteiger partial charge in [0.25, 0.3) is 10.0 Å². The second kappa shape index (κ2) is 11.6. The van der Waals surface area contributed by atoms with Gasteiger partial charge in [0, 0.05) is 30.3 Å². The fraction of sp³-hybridized carbons (Fsp3) is 0.519. The largest absolute Gasteiger partial charge is 0.487 e. The van der Waals surface area contributed by atoms with Crippen LogP contribution < -0.4 is 14.8 Å². The zero-order valence-corrected chi connectivity index (χ0v) is 22.0. The molecule has 0 bridgehead atoms. The average molecular weight is 548 g/mol. The number of rotatable bonds is 9. The molecular weight excluding hydrogens is 513 g/mol. The molecule has 1 amide bonds. The van der Waals surface area contributed by atoms with Gasteiger partial charge in [-0.15, -0.1) is 0 Å². The Morgan fingerprint density at radius 2 is 1.87 bits per heavy atom. The number of piperidine rings is 1. The molecular formula is C27H34FN3O6S. The van der Waals surface area contributed by atoms with Crippen LogP contribution in [0.15, 0.2) is 47.4 Å². The van der Waals surface area contributed by atoms with Crippen LogP contribution in [-0.2, 0) is 19.6 Å². The summed E-state index contributed by atoms with van der Waals surface area (Å²) in [7, 11) is -3.91. The Morgan fingerprint density at radius 1 is 1.11 bits per heavy atom. The number of benzene rings is 2. The minimum atomic E-state index is -3.91. The molecule has 0 radical (unpaired) electrons. The number of ether oxygens (including phenoxy) is 2. The van der Waals surface area contributed by atoms with E-state index in [4.69, 9.17) is 9.47 Å². The Bertz CT molecular complexity index is 1240. The molecule has 2 fully saturated rings. The molecule has 11 heteroatoms. The van der Waals surface area contributed by atoms with Gasteiger partial charge in [-0.05, 0) is 74.8 Å². The third kappa shape index (κ3) is 6.12. The highest BCUT2D eigenvalue weighted by Crippen LogP contribution is 2.47. The summed E-state index contributed by atoms with van der Waals surface area (Å²) in [6.45, 7) is 3.31. The Hall–Kier alpha value is -2.73. The van der Waals surface area contributed by atoms with Crippen molar-refractivity contribution in [1.82, 2.24) is 10.2 Å². The number of hydrogen-bond donors (Lipinski definition) is 3. The van der Waals surface area contributed by atoms with Gasteiger partial charge >= 0.3 is 0 Å². The first-order chi connectivity index (χ1) is 18.3. The third-order valence-electron chi connectivity index (χ3n) is 7.49. The number of nitrogens with zero attached hydrogens (tertiary/aromatic N) is 1. The van der Waals surface area contributed by atoms with E-state index in [1.165, 1.54) is 31.4 Å². The van der Waals surface area contributed by atoms with Crippen molar-refractivity contribution in [2.45, 2.75) is 61.2 Å². The van der Waals surface area contributed by atoms with Gasteiger partial charge in [-0.1, -0.05) is 6.42 Å². The van der Waals surface area contributed by atoms with Gasteiger partial charge in [0.1, 0.15) is 23.8 Å². The average Bonchev–Trinajstić information content (AvgIpc) is 3.27. The molecule has 0 unspecified atom stereocenters. The molecule has 3 N–H and O–H groups in total. The van der Waals surface area contributed by atoms with E-state index in [0.29, 0.717) is 24.4 Å². The van der Waals surface area contributed by atoms with Gasteiger partial charge in [0.15, 0.2) is 0 Å². The lowest BCUT2D eigenvalue weighted by Crippen LogP contribution is -2.47. The van der Waals surface area contributed by atoms with Crippen molar-refractivity contribution in [3.63, 3.8) is 0 Å². The highest BCUT2D eigenvalue weighted by molar-refractivity contribution is 7.92. The monoisotopic (exact) mass is 547 g/mol. The summed E-state index contributed by atoms with van der Waals surface area (Å²) in [5.74, 6) is -0.189. The first-order valence-electron chi connectivity index (χ1n) is 13.2. The van der Waals surface area contributed by atoms with E-state index in [1.54, 1.807) is 18.2 Å². The van der Waals surface area contributed by atoms with Crippen LogP contribution in [0, 0.1) is 5.82 Å². The Morgan fingerprint density at radius 3 is 2.61 bits per heavy atom. The molecule has 2 aromatic carbocycles. The van der Waals surface area contributed by atoms with Gasteiger partial charge in [-0.3, -0.25) is 9.52 Å². The van der Waals surface area contributed by atoms with Crippen LogP contribution in [-0.4, -0.2) is 75.4 Å². The second-order valence-corrected chi connectivity index (χ2v) is 11.9. The molecule has 9 nitrogen and oxygen atoms in total. The van der Waals surface area contributed by atoms with Gasteiger partial charge in [-0.2, -0.15) is 0 Å². The summed E-state index contributed by atoms with van der Waals surface area (Å²) in [4.78, 5) is 15.0. The molecule has 0 aliphatic carbocycles. The fourth-order valence-electron chi connectivity index (χ4n) is 5.60. The van der Waals surface area contributed by atoms with Crippen molar-refractivity contribution in [3.05, 3.63) is 53.8 Å². The standard InChI is InChI=1S/C27H34FN3O6S/c28-18-4-7-21(8-5-18)38(34,35)30-19-6-9-24-22(14-19)23-15-20(36-25(17-32)27(23)37-24)16-26(33)29-10-13-31-11-2-1-3-12-31/h4-9,14,20,23,25,27,30,32H,1-3,10-13,15-17H2,(H,29,33)/t20-,23+,25-,27-/m0/s1. The molecule has 4 atom stereocenters. The minimum Gasteiger partial charge on any atom is -0.487 e. The molecule has 2 saturated heterocycles. The zero-order chi connectivity index (χ0) is 26.7. The number of carbonyl (C=O) groups is 1. The van der Waals surface area contributed by atoms with Crippen molar-refractivity contribution >= 4 is 21.6 Å². The Kier molecular flexibility index (Phi) is 8.18. The molecule has 2 aromatic rings. The van der Waals surface area contributed by atoms with Gasteiger partial charge in [0.2, 0.25) is 5.91 Å². The van der Waals surface area contributed by atoms with E-state index < -0.39 is 34.2 Å². The minimum absolute atomic E-state index is 0.0497. The van der Waals surface area contributed by atoms with Gasteiger partial charge in [-0.25, -0.2) is 12.8 Å². The maximum Gasteiger partial charge on any atom is 0.261 e. The lowest BCUT2D eigenvalue weighted by molar-refractivity contribution is -0.142.